The van der Waals surface area contributed by atoms with E-state index in [0.29, 0.717) is 24.2 Å². The van der Waals surface area contributed by atoms with Gasteiger partial charge in [0.1, 0.15) is 11.5 Å². The molecule has 6 nitrogen and oxygen atoms in total. The van der Waals surface area contributed by atoms with Crippen LogP contribution in [0.3, 0.4) is 0 Å². The van der Waals surface area contributed by atoms with Crippen LogP contribution in [0.25, 0.3) is 0 Å². The number of aromatic nitrogens is 1. The van der Waals surface area contributed by atoms with Crippen molar-refractivity contribution in [3.63, 3.8) is 0 Å². The normalized spacial score (nSPS) is 22.6. The zero-order valence-corrected chi connectivity index (χ0v) is 22.1. The molecule has 0 aliphatic heterocycles. The van der Waals surface area contributed by atoms with Gasteiger partial charge in [-0.1, -0.05) is 56.2 Å². The van der Waals surface area contributed by atoms with Crippen LogP contribution in [0.1, 0.15) is 72.4 Å². The number of allylic oxidation sites excluding steroid dienone is 4. The smallest absolute Gasteiger partial charge is 0.345 e. The second kappa shape index (κ2) is 11.2. The molecule has 1 aliphatic carbocycles. The Balaban J connectivity index is 1.95. The van der Waals surface area contributed by atoms with Crippen LogP contribution < -0.4 is 4.74 Å². The minimum atomic E-state index is -0.678. The van der Waals surface area contributed by atoms with Crippen molar-refractivity contribution in [3.05, 3.63) is 75.6 Å². The van der Waals surface area contributed by atoms with Gasteiger partial charge in [-0.15, -0.1) is 0 Å². The molecular weight excluding hydrogens is 478 g/mol. The van der Waals surface area contributed by atoms with E-state index in [9.17, 15) is 19.5 Å². The van der Waals surface area contributed by atoms with Gasteiger partial charge in [-0.2, -0.15) is 0 Å². The number of ketones is 1. The number of rotatable bonds is 7. The highest BCUT2D eigenvalue weighted by Crippen LogP contribution is 2.45. The van der Waals surface area contributed by atoms with Gasteiger partial charge in [0, 0.05) is 30.3 Å². The Kier molecular flexibility index (Phi) is 8.51. The van der Waals surface area contributed by atoms with Crippen molar-refractivity contribution in [2.75, 3.05) is 0 Å². The molecule has 1 aliphatic rings. The van der Waals surface area contributed by atoms with Gasteiger partial charge in [0.05, 0.1) is 16.1 Å². The first-order valence-corrected chi connectivity index (χ1v) is 12.4. The first kappa shape index (κ1) is 27.3. The molecule has 7 heteroatoms. The maximum Gasteiger partial charge on any atom is 0.345 e. The van der Waals surface area contributed by atoms with Crippen molar-refractivity contribution in [2.45, 2.75) is 53.9 Å². The minimum Gasteiger partial charge on any atom is -0.507 e. The first-order valence-electron chi connectivity index (χ1n) is 12.0. The zero-order valence-electron chi connectivity index (χ0n) is 21.3. The number of carbonyl (C=O) groups excluding carboxylic acids is 3. The van der Waals surface area contributed by atoms with Gasteiger partial charge in [-0.25, -0.2) is 4.79 Å². The third-order valence-electron chi connectivity index (χ3n) is 7.59. The van der Waals surface area contributed by atoms with Crippen molar-refractivity contribution in [1.29, 1.82) is 0 Å². The summed E-state index contributed by atoms with van der Waals surface area (Å²) in [7, 11) is 0. The molecule has 1 saturated carbocycles. The van der Waals surface area contributed by atoms with Crippen molar-refractivity contribution < 1.29 is 24.2 Å². The lowest BCUT2D eigenvalue weighted by Gasteiger charge is -2.42. The molecule has 3 rings (SSSR count). The van der Waals surface area contributed by atoms with E-state index in [1.54, 1.807) is 19.1 Å². The molecule has 1 fully saturated rings. The lowest BCUT2D eigenvalue weighted by Crippen LogP contribution is -2.40. The summed E-state index contributed by atoms with van der Waals surface area (Å²) in [5.41, 5.74) is 1.47. The number of phenols is 1. The largest absolute Gasteiger partial charge is 0.507 e. The zero-order chi connectivity index (χ0) is 26.6. The SMILES string of the molecule is CC(/C=C/C1(C)C(C)CCC(=O)C1C)=C\Cc1c(O)c(C=O)c(C)c(Cl)c1OC(=O)c1cccnc1. The van der Waals surface area contributed by atoms with Crippen LogP contribution in [0.4, 0.5) is 0 Å². The average Bonchev–Trinajstić information content (AvgIpc) is 2.87. The lowest BCUT2D eigenvalue weighted by atomic mass is 9.61. The van der Waals surface area contributed by atoms with Crippen LogP contribution >= 0.6 is 11.6 Å². The number of hydrogen-bond donors (Lipinski definition) is 1. The molecule has 3 atom stereocenters. The number of aromatic hydroxyl groups is 1. The summed E-state index contributed by atoms with van der Waals surface area (Å²) in [6, 6.07) is 3.17. The Morgan fingerprint density at radius 2 is 2.08 bits per heavy atom. The van der Waals surface area contributed by atoms with Gasteiger partial charge < -0.3 is 9.84 Å². The molecule has 3 unspecified atom stereocenters. The van der Waals surface area contributed by atoms with Gasteiger partial charge in [-0.3, -0.25) is 14.6 Å². The summed E-state index contributed by atoms with van der Waals surface area (Å²) in [6.45, 7) is 9.76. The van der Waals surface area contributed by atoms with Crippen molar-refractivity contribution in [3.8, 4) is 11.5 Å². The first-order chi connectivity index (χ1) is 17.0. The highest BCUT2D eigenvalue weighted by Gasteiger charge is 2.41. The van der Waals surface area contributed by atoms with E-state index >= 15 is 0 Å². The standard InChI is InChI=1S/C29H32ClNO5/c1-17(12-13-29(5)18(2)9-11-24(33)20(29)4)8-10-22-26(34)23(16-32)19(3)25(30)27(22)36-28(35)21-7-6-14-31-15-21/h6-8,12-16,18,20,34H,9-11H2,1-5H3/b13-12+,17-8+. The Morgan fingerprint density at radius 3 is 2.72 bits per heavy atom. The molecule has 1 N–H and O–H groups in total. The van der Waals surface area contributed by atoms with E-state index in [-0.39, 0.29) is 56.7 Å². The van der Waals surface area contributed by atoms with Gasteiger partial charge in [0.25, 0.3) is 0 Å². The van der Waals surface area contributed by atoms with Crippen LogP contribution in [0.5, 0.6) is 11.5 Å². The van der Waals surface area contributed by atoms with Crippen molar-refractivity contribution in [2.24, 2.45) is 17.3 Å². The van der Waals surface area contributed by atoms with E-state index in [0.717, 1.165) is 12.0 Å². The lowest BCUT2D eigenvalue weighted by molar-refractivity contribution is -0.129. The number of hydrogen-bond acceptors (Lipinski definition) is 6. The van der Waals surface area contributed by atoms with Crippen LogP contribution in [0.15, 0.2) is 48.3 Å². The molecule has 1 aromatic carbocycles. The second-order valence-corrected chi connectivity index (χ2v) is 10.1. The van der Waals surface area contributed by atoms with Gasteiger partial charge in [-0.05, 0) is 55.7 Å². The number of ether oxygens (including phenoxy) is 1. The predicted molar refractivity (Wildman–Crippen MR) is 140 cm³/mol. The Labute approximate surface area is 217 Å². The summed E-state index contributed by atoms with van der Waals surface area (Å²) in [6.07, 6.45) is 11.0. The molecule has 0 bridgehead atoms. The van der Waals surface area contributed by atoms with E-state index in [4.69, 9.17) is 16.3 Å². The molecule has 2 aromatic rings. The molecule has 36 heavy (non-hydrogen) atoms. The summed E-state index contributed by atoms with van der Waals surface area (Å²) < 4.78 is 5.60. The third kappa shape index (κ3) is 5.44. The van der Waals surface area contributed by atoms with Gasteiger partial charge in [0.15, 0.2) is 12.0 Å². The second-order valence-electron chi connectivity index (χ2n) is 9.74. The Morgan fingerprint density at radius 1 is 1.36 bits per heavy atom. The summed E-state index contributed by atoms with van der Waals surface area (Å²) in [5.74, 6) is -0.376. The fourth-order valence-electron chi connectivity index (χ4n) is 4.55. The van der Waals surface area contributed by atoms with Gasteiger partial charge >= 0.3 is 5.97 Å². The number of aldehydes is 1. The van der Waals surface area contributed by atoms with Crippen LogP contribution in [-0.4, -0.2) is 28.1 Å². The number of nitrogens with zero attached hydrogens (tertiary/aromatic N) is 1. The molecule has 0 saturated heterocycles. The monoisotopic (exact) mass is 509 g/mol. The molecule has 0 radical (unpaired) electrons. The van der Waals surface area contributed by atoms with Crippen LogP contribution in [-0.2, 0) is 11.2 Å². The van der Waals surface area contributed by atoms with E-state index in [1.807, 2.05) is 26.0 Å². The summed E-state index contributed by atoms with van der Waals surface area (Å²) in [5, 5.41) is 10.9. The van der Waals surface area contributed by atoms with Crippen LogP contribution in [0.2, 0.25) is 5.02 Å². The quantitative estimate of drug-likeness (QED) is 0.199. The maximum atomic E-state index is 12.7. The molecule has 0 spiro atoms. The molecule has 1 heterocycles. The topological polar surface area (TPSA) is 93.6 Å². The summed E-state index contributed by atoms with van der Waals surface area (Å²) in [4.78, 5) is 40.6. The van der Waals surface area contributed by atoms with Crippen molar-refractivity contribution in [1.82, 2.24) is 4.98 Å². The van der Waals surface area contributed by atoms with Gasteiger partial charge in [0.2, 0.25) is 0 Å². The highest BCUT2D eigenvalue weighted by atomic mass is 35.5. The number of benzene rings is 1. The Bertz CT molecular complexity index is 1230. The summed E-state index contributed by atoms with van der Waals surface area (Å²) >= 11 is 6.50. The van der Waals surface area contributed by atoms with Crippen molar-refractivity contribution >= 4 is 29.6 Å². The molecule has 190 valence electrons. The fourth-order valence-corrected chi connectivity index (χ4v) is 4.81. The molecular formula is C29H32ClNO5. The number of pyridine rings is 1. The molecule has 1 aromatic heterocycles. The predicted octanol–water partition coefficient (Wildman–Crippen LogP) is 6.47. The van der Waals surface area contributed by atoms with E-state index < -0.39 is 5.97 Å². The third-order valence-corrected chi connectivity index (χ3v) is 8.05. The molecule has 0 amide bonds. The average molecular weight is 510 g/mol. The maximum absolute atomic E-state index is 12.7. The minimum absolute atomic E-state index is 0.00577. The van der Waals surface area contributed by atoms with E-state index in [1.165, 1.54) is 12.4 Å². The van der Waals surface area contributed by atoms with Crippen LogP contribution in [0, 0.1) is 24.2 Å². The Hall–Kier alpha value is -3.25. The number of esters is 1. The number of Topliss-reactive ketones (excluding diaryl/α,β-unsaturated/α-hetero) is 1. The van der Waals surface area contributed by atoms with E-state index in [2.05, 4.69) is 24.9 Å². The number of carbonyl (C=O) groups is 3. The number of halogens is 1. The highest BCUT2D eigenvalue weighted by molar-refractivity contribution is 6.33. The number of phenolic OH excluding ortho intramolecular Hbond substituents is 1. The fraction of sp³-hybridized carbons (Fsp3) is 0.379.